The molecule has 0 radical (unpaired) electrons. The zero-order valence-electron chi connectivity index (χ0n) is 17.2. The van der Waals surface area contributed by atoms with E-state index in [4.69, 9.17) is 14.2 Å². The third-order valence-electron chi connectivity index (χ3n) is 4.05. The van der Waals surface area contributed by atoms with E-state index < -0.39 is 0 Å². The van der Waals surface area contributed by atoms with Crippen molar-refractivity contribution in [2.75, 3.05) is 19.8 Å². The van der Waals surface area contributed by atoms with Crippen LogP contribution in [0.2, 0.25) is 0 Å². The smallest absolute Gasteiger partial charge is 0.277 e. The van der Waals surface area contributed by atoms with E-state index in [1.165, 1.54) is 19.3 Å². The lowest BCUT2D eigenvalue weighted by Crippen LogP contribution is -2.24. The van der Waals surface area contributed by atoms with E-state index >= 15 is 0 Å². The molecule has 6 heteroatoms. The number of hydrogen-bond acceptors (Lipinski definition) is 5. The molecule has 29 heavy (non-hydrogen) atoms. The molecule has 2 aromatic carbocycles. The second kappa shape index (κ2) is 13.2. The largest absolute Gasteiger partial charge is 0.494 e. The van der Waals surface area contributed by atoms with Crippen LogP contribution < -0.4 is 19.6 Å². The summed E-state index contributed by atoms with van der Waals surface area (Å²) in [7, 11) is 0. The highest BCUT2D eigenvalue weighted by Crippen LogP contribution is 2.17. The van der Waals surface area contributed by atoms with Gasteiger partial charge in [-0.25, -0.2) is 5.43 Å². The summed E-state index contributed by atoms with van der Waals surface area (Å²) >= 11 is 0. The van der Waals surface area contributed by atoms with Crippen LogP contribution in [-0.2, 0) is 4.79 Å². The first-order valence-corrected chi connectivity index (χ1v) is 10.1. The summed E-state index contributed by atoms with van der Waals surface area (Å²) < 4.78 is 16.5. The number of amides is 1. The van der Waals surface area contributed by atoms with Gasteiger partial charge in [0.25, 0.3) is 5.91 Å². The summed E-state index contributed by atoms with van der Waals surface area (Å²) in [6.07, 6.45) is 6.32. The highest BCUT2D eigenvalue weighted by atomic mass is 16.5. The Morgan fingerprint density at radius 3 is 2.14 bits per heavy atom. The maximum absolute atomic E-state index is 11.8. The van der Waals surface area contributed by atoms with Crippen molar-refractivity contribution in [2.24, 2.45) is 5.10 Å². The number of ether oxygens (including phenoxy) is 3. The lowest BCUT2D eigenvalue weighted by molar-refractivity contribution is -0.123. The lowest BCUT2D eigenvalue weighted by atomic mass is 10.2. The van der Waals surface area contributed by atoms with Crippen LogP contribution >= 0.6 is 0 Å². The summed E-state index contributed by atoms with van der Waals surface area (Å²) in [6, 6.07) is 14.7. The van der Waals surface area contributed by atoms with Gasteiger partial charge in [0.1, 0.15) is 17.2 Å². The van der Waals surface area contributed by atoms with Gasteiger partial charge < -0.3 is 14.2 Å². The van der Waals surface area contributed by atoms with Crippen LogP contribution in [0.25, 0.3) is 0 Å². The summed E-state index contributed by atoms with van der Waals surface area (Å²) in [6.45, 7) is 5.34. The van der Waals surface area contributed by atoms with E-state index in [1.54, 1.807) is 30.5 Å². The topological polar surface area (TPSA) is 69.2 Å². The third kappa shape index (κ3) is 9.14. The maximum atomic E-state index is 11.8. The van der Waals surface area contributed by atoms with E-state index in [0.29, 0.717) is 12.4 Å². The Balaban J connectivity index is 1.67. The van der Waals surface area contributed by atoms with Gasteiger partial charge in [0, 0.05) is 0 Å². The number of hydrazone groups is 1. The Morgan fingerprint density at radius 1 is 0.862 bits per heavy atom. The van der Waals surface area contributed by atoms with Crippen molar-refractivity contribution in [3.05, 3.63) is 54.1 Å². The molecule has 1 N–H and O–H groups in total. The molecule has 0 unspecified atom stereocenters. The van der Waals surface area contributed by atoms with Crippen molar-refractivity contribution in [2.45, 2.75) is 39.5 Å². The number of nitrogens with zero attached hydrogens (tertiary/aromatic N) is 1. The Kier molecular flexibility index (Phi) is 10.1. The quantitative estimate of drug-likeness (QED) is 0.305. The zero-order chi connectivity index (χ0) is 20.7. The minimum absolute atomic E-state index is 0.115. The Bertz CT molecular complexity index is 742. The number of carbonyl (C=O) groups is 1. The van der Waals surface area contributed by atoms with Crippen LogP contribution in [0, 0.1) is 0 Å². The van der Waals surface area contributed by atoms with Crippen LogP contribution in [0.5, 0.6) is 17.2 Å². The van der Waals surface area contributed by atoms with Gasteiger partial charge in [0.05, 0.1) is 19.4 Å². The van der Waals surface area contributed by atoms with Crippen molar-refractivity contribution in [1.29, 1.82) is 0 Å². The average Bonchev–Trinajstić information content (AvgIpc) is 2.74. The van der Waals surface area contributed by atoms with E-state index in [1.807, 2.05) is 31.2 Å². The second-order valence-electron chi connectivity index (χ2n) is 6.46. The van der Waals surface area contributed by atoms with Crippen molar-refractivity contribution in [3.8, 4) is 17.2 Å². The molecule has 0 heterocycles. The molecule has 0 bridgehead atoms. The number of hydrogen-bond donors (Lipinski definition) is 1. The highest BCUT2D eigenvalue weighted by molar-refractivity contribution is 5.83. The van der Waals surface area contributed by atoms with Crippen molar-refractivity contribution >= 4 is 12.1 Å². The molecule has 0 atom stereocenters. The molecule has 0 aliphatic heterocycles. The van der Waals surface area contributed by atoms with Gasteiger partial charge in [-0.15, -0.1) is 0 Å². The monoisotopic (exact) mass is 398 g/mol. The predicted molar refractivity (Wildman–Crippen MR) is 115 cm³/mol. The third-order valence-corrected chi connectivity index (χ3v) is 4.05. The first-order valence-electron chi connectivity index (χ1n) is 10.1. The minimum atomic E-state index is -0.331. The maximum Gasteiger partial charge on any atom is 0.277 e. The fourth-order valence-electron chi connectivity index (χ4n) is 2.53. The minimum Gasteiger partial charge on any atom is -0.494 e. The number of benzene rings is 2. The molecule has 156 valence electrons. The summed E-state index contributed by atoms with van der Waals surface area (Å²) in [4.78, 5) is 11.8. The fourth-order valence-corrected chi connectivity index (χ4v) is 2.53. The van der Waals surface area contributed by atoms with Crippen molar-refractivity contribution in [1.82, 2.24) is 5.43 Å². The van der Waals surface area contributed by atoms with Gasteiger partial charge in [0.2, 0.25) is 0 Å². The van der Waals surface area contributed by atoms with Gasteiger partial charge in [-0.2, -0.15) is 5.10 Å². The Labute approximate surface area is 172 Å². The summed E-state index contributed by atoms with van der Waals surface area (Å²) in [5.74, 6) is 1.87. The van der Waals surface area contributed by atoms with Gasteiger partial charge >= 0.3 is 0 Å². The standard InChI is InChI=1S/C23H30N2O4/c1-3-5-6-7-16-28-21-10-8-19(9-11-21)17-24-25-23(26)18-29-22-14-12-20(13-15-22)27-4-2/h8-15,17H,3-7,16,18H2,1-2H3,(H,25,26)/b24-17+. The first-order chi connectivity index (χ1) is 14.2. The second-order valence-corrected chi connectivity index (χ2v) is 6.46. The molecule has 1 amide bonds. The van der Waals surface area contributed by atoms with Gasteiger partial charge in [0.15, 0.2) is 6.61 Å². The molecule has 0 fully saturated rings. The van der Waals surface area contributed by atoms with Crippen molar-refractivity contribution in [3.63, 3.8) is 0 Å². The fraction of sp³-hybridized carbons (Fsp3) is 0.391. The van der Waals surface area contributed by atoms with Crippen LogP contribution in [-0.4, -0.2) is 31.9 Å². The van der Waals surface area contributed by atoms with Gasteiger partial charge in [-0.05, 0) is 67.4 Å². The summed E-state index contributed by atoms with van der Waals surface area (Å²) in [5, 5.41) is 3.95. The SMILES string of the molecule is CCCCCCOc1ccc(/C=N/NC(=O)COc2ccc(OCC)cc2)cc1. The van der Waals surface area contributed by atoms with E-state index in [2.05, 4.69) is 17.5 Å². The first kappa shape index (κ1) is 22.3. The number of unbranched alkanes of at least 4 members (excludes halogenated alkanes) is 3. The molecule has 2 aromatic rings. The highest BCUT2D eigenvalue weighted by Gasteiger charge is 2.02. The molecule has 0 saturated carbocycles. The van der Waals surface area contributed by atoms with E-state index in [0.717, 1.165) is 30.1 Å². The van der Waals surface area contributed by atoms with Crippen LogP contribution in [0.1, 0.15) is 45.1 Å². The van der Waals surface area contributed by atoms with E-state index in [9.17, 15) is 4.79 Å². The number of carbonyl (C=O) groups excluding carboxylic acids is 1. The molecule has 6 nitrogen and oxygen atoms in total. The lowest BCUT2D eigenvalue weighted by Gasteiger charge is -2.07. The Hall–Kier alpha value is -3.02. The van der Waals surface area contributed by atoms with Crippen LogP contribution in [0.4, 0.5) is 0 Å². The van der Waals surface area contributed by atoms with Crippen LogP contribution in [0.15, 0.2) is 53.6 Å². The molecule has 0 aliphatic rings. The molecule has 0 aromatic heterocycles. The number of rotatable bonds is 13. The predicted octanol–water partition coefficient (Wildman–Crippen LogP) is 4.57. The zero-order valence-corrected chi connectivity index (χ0v) is 17.2. The molecule has 0 aliphatic carbocycles. The molecule has 0 spiro atoms. The van der Waals surface area contributed by atoms with Crippen LogP contribution in [0.3, 0.4) is 0 Å². The van der Waals surface area contributed by atoms with Gasteiger partial charge in [-0.3, -0.25) is 4.79 Å². The molecule has 2 rings (SSSR count). The van der Waals surface area contributed by atoms with Gasteiger partial charge in [-0.1, -0.05) is 26.2 Å². The average molecular weight is 399 g/mol. The Morgan fingerprint density at radius 2 is 1.48 bits per heavy atom. The molecule has 0 saturated heterocycles. The van der Waals surface area contributed by atoms with E-state index in [-0.39, 0.29) is 12.5 Å². The molecular weight excluding hydrogens is 368 g/mol. The normalized spacial score (nSPS) is 10.7. The summed E-state index contributed by atoms with van der Waals surface area (Å²) in [5.41, 5.74) is 3.32. The number of nitrogens with one attached hydrogen (secondary N) is 1. The van der Waals surface area contributed by atoms with Crippen molar-refractivity contribution < 1.29 is 19.0 Å². The molecular formula is C23H30N2O4.